The van der Waals surface area contributed by atoms with Gasteiger partial charge >= 0.3 is 0 Å². The molecule has 0 N–H and O–H groups in total. The standard InChI is InChI=1S/C44H29NS/c1-3-9-30(10-4-1)33-18-15-31-16-19-34(26-36(31)25-33)35-20-17-32-21-22-39(28-37(32)27-35)45(38-11-5-2-6-12-38)40-23-24-44-42(29-40)41-13-7-8-14-43(41)46-44/h1-29H. The molecule has 0 atom stereocenters. The topological polar surface area (TPSA) is 3.24 Å². The maximum Gasteiger partial charge on any atom is 0.0468 e. The van der Waals surface area contributed by atoms with Crippen LogP contribution in [-0.2, 0) is 0 Å². The lowest BCUT2D eigenvalue weighted by atomic mass is 9.96. The van der Waals surface area contributed by atoms with Gasteiger partial charge in [0.15, 0.2) is 0 Å². The number of hydrogen-bond donors (Lipinski definition) is 0. The van der Waals surface area contributed by atoms with Crippen LogP contribution in [0.3, 0.4) is 0 Å². The lowest BCUT2D eigenvalue weighted by Crippen LogP contribution is -2.09. The van der Waals surface area contributed by atoms with E-state index in [9.17, 15) is 0 Å². The number of fused-ring (bicyclic) bond motifs is 5. The molecule has 1 heterocycles. The van der Waals surface area contributed by atoms with Crippen molar-refractivity contribution in [1.82, 2.24) is 0 Å². The highest BCUT2D eigenvalue weighted by molar-refractivity contribution is 7.25. The van der Waals surface area contributed by atoms with Crippen molar-refractivity contribution in [2.75, 3.05) is 4.90 Å². The number of thiophene rings is 1. The van der Waals surface area contributed by atoms with Gasteiger partial charge in [0.25, 0.3) is 0 Å². The van der Waals surface area contributed by atoms with E-state index in [0.29, 0.717) is 0 Å². The number of nitrogens with zero attached hydrogens (tertiary/aromatic N) is 1. The van der Waals surface area contributed by atoms with Gasteiger partial charge in [-0.15, -0.1) is 11.3 Å². The predicted octanol–water partition coefficient (Wildman–Crippen LogP) is 13.2. The Bertz CT molecular complexity index is 2530. The van der Waals surface area contributed by atoms with Gasteiger partial charge in [-0.3, -0.25) is 0 Å². The zero-order chi connectivity index (χ0) is 30.5. The summed E-state index contributed by atoms with van der Waals surface area (Å²) in [5.41, 5.74) is 8.35. The molecule has 0 amide bonds. The van der Waals surface area contributed by atoms with Crippen molar-refractivity contribution < 1.29 is 0 Å². The summed E-state index contributed by atoms with van der Waals surface area (Å²) in [6, 6.07) is 64.1. The van der Waals surface area contributed by atoms with Gasteiger partial charge in [0.2, 0.25) is 0 Å². The van der Waals surface area contributed by atoms with Crippen molar-refractivity contribution >= 4 is 70.1 Å². The number of hydrogen-bond acceptors (Lipinski definition) is 2. The van der Waals surface area contributed by atoms with Crippen LogP contribution in [0.4, 0.5) is 17.1 Å². The molecule has 9 aromatic rings. The third-order valence-corrected chi connectivity index (χ3v) is 10.1. The Morgan fingerprint density at radius 3 is 1.54 bits per heavy atom. The minimum absolute atomic E-state index is 1.14. The summed E-state index contributed by atoms with van der Waals surface area (Å²) in [7, 11) is 0. The first-order chi connectivity index (χ1) is 22.8. The first kappa shape index (κ1) is 26.7. The second-order valence-corrected chi connectivity index (χ2v) is 12.9. The van der Waals surface area contributed by atoms with Crippen LogP contribution in [0.1, 0.15) is 0 Å². The summed E-state index contributed by atoms with van der Waals surface area (Å²) in [5.74, 6) is 0. The van der Waals surface area contributed by atoms with Crippen LogP contribution >= 0.6 is 11.3 Å². The Hall–Kier alpha value is -5.70. The van der Waals surface area contributed by atoms with Crippen LogP contribution in [0.15, 0.2) is 176 Å². The van der Waals surface area contributed by atoms with E-state index < -0.39 is 0 Å². The normalized spacial score (nSPS) is 11.5. The maximum absolute atomic E-state index is 2.37. The Morgan fingerprint density at radius 2 is 0.826 bits per heavy atom. The van der Waals surface area contributed by atoms with Crippen molar-refractivity contribution in [3.63, 3.8) is 0 Å². The fourth-order valence-electron chi connectivity index (χ4n) is 6.67. The summed E-state index contributed by atoms with van der Waals surface area (Å²) >= 11 is 1.86. The number of benzene rings is 8. The molecule has 8 aromatic carbocycles. The van der Waals surface area contributed by atoms with Gasteiger partial charge in [-0.2, -0.15) is 0 Å². The van der Waals surface area contributed by atoms with Crippen molar-refractivity contribution in [2.24, 2.45) is 0 Å². The van der Waals surface area contributed by atoms with Crippen LogP contribution in [0.2, 0.25) is 0 Å². The number of rotatable bonds is 5. The largest absolute Gasteiger partial charge is 0.310 e. The average molecular weight is 604 g/mol. The van der Waals surface area contributed by atoms with E-state index in [-0.39, 0.29) is 0 Å². The van der Waals surface area contributed by atoms with Crippen LogP contribution < -0.4 is 4.90 Å². The molecule has 0 bridgehead atoms. The second kappa shape index (κ2) is 11.0. The van der Waals surface area contributed by atoms with Crippen LogP contribution in [0.25, 0.3) is 64.0 Å². The second-order valence-electron chi connectivity index (χ2n) is 11.8. The van der Waals surface area contributed by atoms with Crippen molar-refractivity contribution in [1.29, 1.82) is 0 Å². The summed E-state index contributed by atoms with van der Waals surface area (Å²) < 4.78 is 2.64. The molecule has 1 nitrogen and oxygen atoms in total. The molecular formula is C44H29NS. The lowest BCUT2D eigenvalue weighted by Gasteiger charge is -2.26. The summed E-state index contributed by atoms with van der Waals surface area (Å²) in [4.78, 5) is 2.37. The van der Waals surface area contributed by atoms with Gasteiger partial charge in [-0.25, -0.2) is 0 Å². The molecule has 0 aliphatic carbocycles. The molecule has 0 saturated heterocycles. The third kappa shape index (κ3) is 4.72. The molecule has 9 rings (SSSR count). The van der Waals surface area contributed by atoms with Gasteiger partial charge in [-0.1, -0.05) is 109 Å². The summed E-state index contributed by atoms with van der Waals surface area (Å²) in [6.07, 6.45) is 0. The van der Waals surface area contributed by atoms with Gasteiger partial charge < -0.3 is 4.90 Å². The molecule has 216 valence electrons. The highest BCUT2D eigenvalue weighted by Gasteiger charge is 2.15. The minimum atomic E-state index is 1.14. The van der Waals surface area contributed by atoms with Crippen molar-refractivity contribution in [3.05, 3.63) is 176 Å². The van der Waals surface area contributed by atoms with E-state index in [1.165, 1.54) is 64.0 Å². The monoisotopic (exact) mass is 603 g/mol. The molecule has 2 heteroatoms. The maximum atomic E-state index is 2.37. The van der Waals surface area contributed by atoms with Crippen molar-refractivity contribution in [3.8, 4) is 22.3 Å². The lowest BCUT2D eigenvalue weighted by molar-refractivity contribution is 1.30. The molecule has 0 fully saturated rings. The molecule has 0 radical (unpaired) electrons. The van der Waals surface area contributed by atoms with Gasteiger partial charge in [0.05, 0.1) is 0 Å². The zero-order valence-corrected chi connectivity index (χ0v) is 25.9. The van der Waals surface area contributed by atoms with Crippen LogP contribution in [-0.4, -0.2) is 0 Å². The minimum Gasteiger partial charge on any atom is -0.310 e. The quantitative estimate of drug-likeness (QED) is 0.189. The first-order valence-corrected chi connectivity index (χ1v) is 16.5. The summed E-state index contributed by atoms with van der Waals surface area (Å²) in [6.45, 7) is 0. The van der Waals surface area contributed by atoms with E-state index in [4.69, 9.17) is 0 Å². The van der Waals surface area contributed by atoms with Crippen LogP contribution in [0, 0.1) is 0 Å². The third-order valence-electron chi connectivity index (χ3n) is 9.00. The Kier molecular flexibility index (Phi) is 6.40. The van der Waals surface area contributed by atoms with Gasteiger partial charge in [0.1, 0.15) is 0 Å². The average Bonchev–Trinajstić information content (AvgIpc) is 3.50. The highest BCUT2D eigenvalue weighted by Crippen LogP contribution is 2.41. The number of para-hydroxylation sites is 1. The van der Waals surface area contributed by atoms with Gasteiger partial charge in [0, 0.05) is 37.2 Å². The van der Waals surface area contributed by atoms with E-state index >= 15 is 0 Å². The van der Waals surface area contributed by atoms with Crippen molar-refractivity contribution in [2.45, 2.75) is 0 Å². The molecule has 0 unspecified atom stereocenters. The molecule has 0 spiro atoms. The molecular weight excluding hydrogens is 575 g/mol. The molecule has 46 heavy (non-hydrogen) atoms. The van der Waals surface area contributed by atoms with Crippen LogP contribution in [0.5, 0.6) is 0 Å². The molecule has 0 aliphatic heterocycles. The highest BCUT2D eigenvalue weighted by atomic mass is 32.1. The molecule has 0 saturated carbocycles. The van der Waals surface area contributed by atoms with Gasteiger partial charge in [-0.05, 0) is 111 Å². The fourth-order valence-corrected chi connectivity index (χ4v) is 7.75. The SMILES string of the molecule is c1ccc(-c2ccc3ccc(-c4ccc5ccc(N(c6ccccc6)c6ccc7sc8ccccc8c7c6)cc5c4)cc3c2)cc1. The van der Waals surface area contributed by atoms with E-state index in [1.54, 1.807) is 0 Å². The molecule has 1 aromatic heterocycles. The Morgan fingerprint density at radius 1 is 0.304 bits per heavy atom. The summed E-state index contributed by atoms with van der Waals surface area (Å²) in [5, 5.41) is 7.56. The first-order valence-electron chi connectivity index (χ1n) is 15.7. The fraction of sp³-hybridized carbons (Fsp3) is 0. The predicted molar refractivity (Wildman–Crippen MR) is 200 cm³/mol. The zero-order valence-electron chi connectivity index (χ0n) is 25.1. The van der Waals surface area contributed by atoms with E-state index in [1.807, 2.05) is 11.3 Å². The van der Waals surface area contributed by atoms with E-state index in [0.717, 1.165) is 17.1 Å². The molecule has 0 aliphatic rings. The van der Waals surface area contributed by atoms with E-state index in [2.05, 4.69) is 181 Å². The smallest absolute Gasteiger partial charge is 0.0468 e. The Balaban J connectivity index is 1.15. The Labute approximate surface area is 272 Å². The number of anilines is 3.